The van der Waals surface area contributed by atoms with Crippen molar-refractivity contribution in [2.45, 2.75) is 13.8 Å². The number of hydrogen-bond donors (Lipinski definition) is 2. The molecule has 0 spiro atoms. The number of hydrogen-bond acceptors (Lipinski definition) is 4. The number of amides is 1. The van der Waals surface area contributed by atoms with Crippen LogP contribution in [0.1, 0.15) is 24.2 Å². The molecule has 23 heavy (non-hydrogen) atoms. The van der Waals surface area contributed by atoms with Crippen LogP contribution in [0.3, 0.4) is 0 Å². The van der Waals surface area contributed by atoms with E-state index < -0.39 is 5.97 Å². The summed E-state index contributed by atoms with van der Waals surface area (Å²) in [5.74, 6) is -0.983. The van der Waals surface area contributed by atoms with Gasteiger partial charge in [-0.3, -0.25) is 4.79 Å². The van der Waals surface area contributed by atoms with Gasteiger partial charge in [-0.15, -0.1) is 0 Å². The first-order valence-electron chi connectivity index (χ1n) is 7.11. The van der Waals surface area contributed by atoms with Crippen molar-refractivity contribution >= 4 is 17.6 Å². The largest absolute Gasteiger partial charge is 0.481 e. The van der Waals surface area contributed by atoms with E-state index in [4.69, 9.17) is 9.84 Å². The molecule has 0 saturated heterocycles. The predicted octanol–water partition coefficient (Wildman–Crippen LogP) is 3.05. The van der Waals surface area contributed by atoms with Crippen LogP contribution in [0.2, 0.25) is 0 Å². The molecule has 0 radical (unpaired) electrons. The number of nitrogens with zero attached hydrogens (tertiary/aromatic N) is 1. The van der Waals surface area contributed by atoms with Crippen molar-refractivity contribution < 1.29 is 19.4 Å². The molecule has 6 heteroatoms. The monoisotopic (exact) mass is 314 g/mol. The fourth-order valence-corrected chi connectivity index (χ4v) is 1.89. The Kier molecular flexibility index (Phi) is 4.95. The highest BCUT2D eigenvalue weighted by Crippen LogP contribution is 2.24. The lowest BCUT2D eigenvalue weighted by molar-refractivity contribution is -0.118. The van der Waals surface area contributed by atoms with Gasteiger partial charge in [0.05, 0.1) is 18.4 Å². The van der Waals surface area contributed by atoms with Gasteiger partial charge in [0, 0.05) is 23.2 Å². The van der Waals surface area contributed by atoms with Crippen molar-refractivity contribution in [1.82, 2.24) is 4.98 Å². The number of aromatic nitrogens is 1. The number of pyridine rings is 1. The number of ether oxygens (including phenoxy) is 1. The second-order valence-electron chi connectivity index (χ2n) is 5.31. The Morgan fingerprint density at radius 1 is 1.17 bits per heavy atom. The number of methoxy groups -OCH3 is 1. The van der Waals surface area contributed by atoms with E-state index in [0.29, 0.717) is 11.4 Å². The predicted molar refractivity (Wildman–Crippen MR) is 86.7 cm³/mol. The van der Waals surface area contributed by atoms with Gasteiger partial charge in [-0.1, -0.05) is 26.0 Å². The third-order valence-corrected chi connectivity index (χ3v) is 3.23. The fraction of sp³-hybridized carbons (Fsp3) is 0.235. The molecule has 0 aliphatic rings. The molecule has 120 valence electrons. The van der Waals surface area contributed by atoms with E-state index in [1.807, 2.05) is 13.8 Å². The highest BCUT2D eigenvalue weighted by molar-refractivity contribution is 5.92. The van der Waals surface area contributed by atoms with Gasteiger partial charge < -0.3 is 15.2 Å². The Labute approximate surface area is 134 Å². The Morgan fingerprint density at radius 2 is 1.83 bits per heavy atom. The number of carbonyl (C=O) groups excluding carboxylic acids is 1. The fourth-order valence-electron chi connectivity index (χ4n) is 1.89. The van der Waals surface area contributed by atoms with Crippen LogP contribution in [0.15, 0.2) is 36.4 Å². The lowest BCUT2D eigenvalue weighted by Gasteiger charge is -2.09. The Bertz CT molecular complexity index is 724. The Hall–Kier alpha value is -2.89. The van der Waals surface area contributed by atoms with Crippen LogP contribution in [-0.4, -0.2) is 29.1 Å². The van der Waals surface area contributed by atoms with Crippen molar-refractivity contribution in [3.63, 3.8) is 0 Å². The Balaban J connectivity index is 2.30. The summed E-state index contributed by atoms with van der Waals surface area (Å²) in [6, 6.07) is 9.87. The van der Waals surface area contributed by atoms with E-state index in [1.54, 1.807) is 24.3 Å². The molecule has 0 bridgehead atoms. The molecule has 0 saturated carbocycles. The normalized spacial score (nSPS) is 10.4. The maximum atomic E-state index is 11.7. The van der Waals surface area contributed by atoms with E-state index in [2.05, 4.69) is 10.3 Å². The highest BCUT2D eigenvalue weighted by atomic mass is 16.5. The van der Waals surface area contributed by atoms with Gasteiger partial charge in [0.25, 0.3) is 0 Å². The second-order valence-corrected chi connectivity index (χ2v) is 5.31. The van der Waals surface area contributed by atoms with Crippen LogP contribution in [0.25, 0.3) is 11.3 Å². The first-order chi connectivity index (χ1) is 10.9. The second kappa shape index (κ2) is 6.91. The topological polar surface area (TPSA) is 88.5 Å². The van der Waals surface area contributed by atoms with Crippen LogP contribution in [0.4, 0.5) is 5.69 Å². The molecule has 1 aromatic heterocycles. The number of aromatic carboxylic acids is 1. The average Bonchev–Trinajstić information content (AvgIpc) is 2.54. The number of benzene rings is 1. The van der Waals surface area contributed by atoms with Gasteiger partial charge in [-0.05, 0) is 18.2 Å². The van der Waals surface area contributed by atoms with E-state index in [0.717, 1.165) is 5.56 Å². The minimum Gasteiger partial charge on any atom is -0.481 e. The van der Waals surface area contributed by atoms with Crippen molar-refractivity contribution in [1.29, 1.82) is 0 Å². The molecule has 2 aromatic rings. The molecule has 1 amide bonds. The molecule has 0 fully saturated rings. The number of rotatable bonds is 5. The van der Waals surface area contributed by atoms with Gasteiger partial charge in [0.2, 0.25) is 11.8 Å². The maximum absolute atomic E-state index is 11.7. The number of nitrogens with one attached hydrogen (secondary N) is 1. The number of carboxylic acids is 1. The molecule has 6 nitrogen and oxygen atoms in total. The zero-order chi connectivity index (χ0) is 17.0. The third kappa shape index (κ3) is 4.06. The summed E-state index contributed by atoms with van der Waals surface area (Å²) in [4.78, 5) is 27.1. The number of anilines is 1. The minimum absolute atomic E-state index is 0.0644. The molecule has 2 N–H and O–H groups in total. The smallest absolute Gasteiger partial charge is 0.335 e. The minimum atomic E-state index is -1.05. The molecule has 2 rings (SSSR count). The highest BCUT2D eigenvalue weighted by Gasteiger charge is 2.11. The van der Waals surface area contributed by atoms with E-state index in [1.165, 1.54) is 19.2 Å². The van der Waals surface area contributed by atoms with Crippen molar-refractivity contribution in [3.8, 4) is 17.1 Å². The Morgan fingerprint density at radius 3 is 2.35 bits per heavy atom. The summed E-state index contributed by atoms with van der Waals surface area (Å²) >= 11 is 0. The van der Waals surface area contributed by atoms with E-state index in [9.17, 15) is 9.59 Å². The summed E-state index contributed by atoms with van der Waals surface area (Å²) in [6.07, 6.45) is 0. The van der Waals surface area contributed by atoms with Crippen LogP contribution >= 0.6 is 0 Å². The number of carboxylic acid groups (broad SMARTS) is 1. The van der Waals surface area contributed by atoms with Gasteiger partial charge in [0.15, 0.2) is 0 Å². The maximum Gasteiger partial charge on any atom is 0.335 e. The van der Waals surface area contributed by atoms with Crippen molar-refractivity contribution in [2.24, 2.45) is 5.92 Å². The van der Waals surface area contributed by atoms with Crippen molar-refractivity contribution in [2.75, 3.05) is 12.4 Å². The molecule has 1 aromatic carbocycles. The van der Waals surface area contributed by atoms with Crippen LogP contribution < -0.4 is 10.1 Å². The number of carbonyl (C=O) groups is 2. The van der Waals surface area contributed by atoms with Crippen LogP contribution in [0.5, 0.6) is 5.88 Å². The van der Waals surface area contributed by atoms with Crippen LogP contribution in [-0.2, 0) is 4.79 Å². The van der Waals surface area contributed by atoms with Crippen molar-refractivity contribution in [3.05, 3.63) is 42.0 Å². The zero-order valence-corrected chi connectivity index (χ0v) is 13.2. The lowest BCUT2D eigenvalue weighted by atomic mass is 10.1. The molecular formula is C17H18N2O4. The SMILES string of the molecule is COc1cc(C(=O)O)cc(-c2ccc(NC(=O)C(C)C)cc2)n1. The molecular weight excluding hydrogens is 296 g/mol. The summed E-state index contributed by atoms with van der Waals surface area (Å²) < 4.78 is 5.04. The summed E-state index contributed by atoms with van der Waals surface area (Å²) in [5.41, 5.74) is 2.00. The van der Waals surface area contributed by atoms with Gasteiger partial charge in [-0.2, -0.15) is 0 Å². The third-order valence-electron chi connectivity index (χ3n) is 3.23. The average molecular weight is 314 g/mol. The summed E-state index contributed by atoms with van der Waals surface area (Å²) in [6.45, 7) is 3.63. The lowest BCUT2D eigenvalue weighted by Crippen LogP contribution is -2.17. The van der Waals surface area contributed by atoms with Gasteiger partial charge in [0.1, 0.15) is 0 Å². The van der Waals surface area contributed by atoms with Gasteiger partial charge in [-0.25, -0.2) is 9.78 Å². The molecule has 0 aliphatic heterocycles. The first kappa shape index (κ1) is 16.5. The molecule has 0 atom stereocenters. The quantitative estimate of drug-likeness (QED) is 0.885. The zero-order valence-electron chi connectivity index (χ0n) is 13.2. The van der Waals surface area contributed by atoms with Gasteiger partial charge >= 0.3 is 5.97 Å². The molecule has 1 heterocycles. The first-order valence-corrected chi connectivity index (χ1v) is 7.11. The van der Waals surface area contributed by atoms with E-state index in [-0.39, 0.29) is 23.3 Å². The molecule has 0 aliphatic carbocycles. The summed E-state index contributed by atoms with van der Waals surface area (Å²) in [7, 11) is 1.43. The van der Waals surface area contributed by atoms with Crippen LogP contribution in [0, 0.1) is 5.92 Å². The van der Waals surface area contributed by atoms with E-state index >= 15 is 0 Å². The summed E-state index contributed by atoms with van der Waals surface area (Å²) in [5, 5.41) is 11.9. The standard InChI is InChI=1S/C17H18N2O4/c1-10(2)16(20)18-13-6-4-11(5-7-13)14-8-12(17(21)22)9-15(19-14)23-3/h4-10H,1-3H3,(H,18,20)(H,21,22). The molecule has 0 unspecified atom stereocenters.